The van der Waals surface area contributed by atoms with Crippen molar-refractivity contribution in [3.8, 4) is 10.6 Å². The second-order valence-corrected chi connectivity index (χ2v) is 7.46. The molecule has 0 bridgehead atoms. The van der Waals surface area contributed by atoms with Gasteiger partial charge in [0, 0.05) is 15.6 Å². The molecule has 0 saturated carbocycles. The molecule has 0 spiro atoms. The highest BCUT2D eigenvalue weighted by molar-refractivity contribution is 7.28. The van der Waals surface area contributed by atoms with Gasteiger partial charge in [-0.25, -0.2) is 0 Å². The molecule has 19 heavy (non-hydrogen) atoms. The Bertz CT molecular complexity index is 715. The molecule has 98 valence electrons. The van der Waals surface area contributed by atoms with Gasteiger partial charge >= 0.3 is 0 Å². The lowest BCUT2D eigenvalue weighted by molar-refractivity contribution is 0.112. The summed E-state index contributed by atoms with van der Waals surface area (Å²) in [6, 6.07) is 4.22. The van der Waals surface area contributed by atoms with E-state index in [1.54, 1.807) is 22.7 Å². The molecule has 0 aliphatic carbocycles. The summed E-state index contributed by atoms with van der Waals surface area (Å²) in [5, 5.41) is 6.68. The summed E-state index contributed by atoms with van der Waals surface area (Å²) in [5.41, 5.74) is 1.33. The lowest BCUT2D eigenvalue weighted by Gasteiger charge is -2.18. The zero-order valence-corrected chi connectivity index (χ0v) is 12.6. The summed E-state index contributed by atoms with van der Waals surface area (Å²) >= 11 is 3.40. The SMILES string of the molecule is CC(C)(C)n1cc(C=O)c(-c2cc3sccc3s2)n1. The number of carbonyl (C=O) groups is 1. The number of aromatic nitrogens is 2. The van der Waals surface area contributed by atoms with Crippen LogP contribution in [0.25, 0.3) is 20.0 Å². The van der Waals surface area contributed by atoms with E-state index in [0.29, 0.717) is 5.56 Å². The Kier molecular flexibility index (Phi) is 2.83. The molecule has 3 nitrogen and oxygen atoms in total. The Morgan fingerprint density at radius 1 is 1.32 bits per heavy atom. The van der Waals surface area contributed by atoms with E-state index in [9.17, 15) is 4.79 Å². The molecule has 0 aliphatic heterocycles. The normalized spacial score (nSPS) is 12.2. The van der Waals surface area contributed by atoms with Gasteiger partial charge in [0.15, 0.2) is 6.29 Å². The van der Waals surface area contributed by atoms with Gasteiger partial charge in [0.1, 0.15) is 5.69 Å². The highest BCUT2D eigenvalue weighted by Gasteiger charge is 2.20. The minimum absolute atomic E-state index is 0.120. The standard InChI is InChI=1S/C14H14N2OS2/c1-14(2,3)16-7-9(8-17)13(15-16)12-6-11-10(19-12)4-5-18-11/h4-8H,1-3H3. The Morgan fingerprint density at radius 3 is 2.74 bits per heavy atom. The van der Waals surface area contributed by atoms with E-state index in [4.69, 9.17) is 0 Å². The van der Waals surface area contributed by atoms with Gasteiger partial charge in [0.25, 0.3) is 0 Å². The molecule has 3 aromatic heterocycles. The third-order valence-corrected chi connectivity index (χ3v) is 5.03. The molecule has 0 radical (unpaired) electrons. The maximum atomic E-state index is 11.2. The quantitative estimate of drug-likeness (QED) is 0.656. The lowest BCUT2D eigenvalue weighted by atomic mass is 10.1. The first-order valence-corrected chi connectivity index (χ1v) is 7.71. The lowest BCUT2D eigenvalue weighted by Crippen LogP contribution is -2.22. The first kappa shape index (κ1) is 12.6. The molecule has 0 atom stereocenters. The van der Waals surface area contributed by atoms with Gasteiger partial charge in [-0.2, -0.15) is 5.10 Å². The maximum Gasteiger partial charge on any atom is 0.153 e. The van der Waals surface area contributed by atoms with Gasteiger partial charge in [-0.3, -0.25) is 9.48 Å². The smallest absolute Gasteiger partial charge is 0.153 e. The summed E-state index contributed by atoms with van der Waals surface area (Å²) in [6.45, 7) is 6.22. The minimum atomic E-state index is -0.120. The molecular formula is C14H14N2OS2. The fourth-order valence-corrected chi connectivity index (χ4v) is 4.01. The van der Waals surface area contributed by atoms with Gasteiger partial charge in [-0.1, -0.05) is 0 Å². The highest BCUT2D eigenvalue weighted by Crippen LogP contribution is 2.37. The van der Waals surface area contributed by atoms with Crippen molar-refractivity contribution in [2.45, 2.75) is 26.3 Å². The Balaban J connectivity index is 2.16. The minimum Gasteiger partial charge on any atom is -0.298 e. The second-order valence-electron chi connectivity index (χ2n) is 5.43. The highest BCUT2D eigenvalue weighted by atomic mass is 32.1. The summed E-state index contributed by atoms with van der Waals surface area (Å²) in [5.74, 6) is 0. The summed E-state index contributed by atoms with van der Waals surface area (Å²) in [6.07, 6.45) is 2.72. The van der Waals surface area contributed by atoms with Gasteiger partial charge in [0.05, 0.1) is 16.0 Å². The largest absolute Gasteiger partial charge is 0.298 e. The van der Waals surface area contributed by atoms with E-state index in [0.717, 1.165) is 16.9 Å². The molecule has 0 aliphatic rings. The molecule has 3 aromatic rings. The van der Waals surface area contributed by atoms with Crippen molar-refractivity contribution >= 4 is 38.4 Å². The zero-order chi connectivity index (χ0) is 13.6. The van der Waals surface area contributed by atoms with Crippen LogP contribution in [0.5, 0.6) is 0 Å². The Hall–Kier alpha value is -1.46. The summed E-state index contributed by atoms with van der Waals surface area (Å²) in [7, 11) is 0. The molecule has 3 heterocycles. The summed E-state index contributed by atoms with van der Waals surface area (Å²) in [4.78, 5) is 12.3. The fraction of sp³-hybridized carbons (Fsp3) is 0.286. The average Bonchev–Trinajstić information content (AvgIpc) is 3.00. The number of hydrogen-bond acceptors (Lipinski definition) is 4. The van der Waals surface area contributed by atoms with E-state index in [1.165, 1.54) is 9.40 Å². The van der Waals surface area contributed by atoms with Crippen LogP contribution in [-0.2, 0) is 5.54 Å². The average molecular weight is 290 g/mol. The predicted octanol–water partition coefficient (Wildman–Crippen LogP) is 4.39. The molecule has 0 amide bonds. The number of thiophene rings is 2. The molecule has 0 aromatic carbocycles. The van der Waals surface area contributed by atoms with Crippen LogP contribution in [0, 0.1) is 0 Å². The van der Waals surface area contributed by atoms with Gasteiger partial charge in [-0.05, 0) is 38.3 Å². The van der Waals surface area contributed by atoms with Crippen molar-refractivity contribution < 1.29 is 4.79 Å². The van der Waals surface area contributed by atoms with Crippen LogP contribution in [-0.4, -0.2) is 16.1 Å². The predicted molar refractivity (Wildman–Crippen MR) is 81.3 cm³/mol. The summed E-state index contributed by atoms with van der Waals surface area (Å²) < 4.78 is 4.36. The van der Waals surface area contributed by atoms with Crippen molar-refractivity contribution in [1.29, 1.82) is 0 Å². The van der Waals surface area contributed by atoms with Crippen molar-refractivity contribution in [3.05, 3.63) is 29.3 Å². The van der Waals surface area contributed by atoms with Crippen LogP contribution in [0.1, 0.15) is 31.1 Å². The molecular weight excluding hydrogens is 276 g/mol. The number of fused-ring (bicyclic) bond motifs is 1. The number of carbonyl (C=O) groups excluding carboxylic acids is 1. The number of aldehydes is 1. The Morgan fingerprint density at radius 2 is 2.11 bits per heavy atom. The molecule has 0 fully saturated rings. The Labute approximate surface area is 119 Å². The van der Waals surface area contributed by atoms with Gasteiger partial charge in [-0.15, -0.1) is 22.7 Å². The molecule has 0 N–H and O–H groups in total. The maximum absolute atomic E-state index is 11.2. The third-order valence-electron chi connectivity index (χ3n) is 2.93. The van der Waals surface area contributed by atoms with E-state index < -0.39 is 0 Å². The first-order chi connectivity index (χ1) is 8.99. The number of rotatable bonds is 2. The van der Waals surface area contributed by atoms with Crippen molar-refractivity contribution in [2.24, 2.45) is 0 Å². The van der Waals surface area contributed by atoms with Gasteiger partial charge < -0.3 is 0 Å². The van der Waals surface area contributed by atoms with Crippen molar-refractivity contribution in [3.63, 3.8) is 0 Å². The van der Waals surface area contributed by atoms with Crippen LogP contribution in [0.3, 0.4) is 0 Å². The van der Waals surface area contributed by atoms with Crippen LogP contribution in [0.4, 0.5) is 0 Å². The third kappa shape index (κ3) is 2.13. The van der Waals surface area contributed by atoms with Crippen molar-refractivity contribution in [2.75, 3.05) is 0 Å². The molecule has 3 rings (SSSR count). The molecule has 0 unspecified atom stereocenters. The first-order valence-electron chi connectivity index (χ1n) is 6.02. The van der Waals surface area contributed by atoms with E-state index >= 15 is 0 Å². The van der Waals surface area contributed by atoms with Gasteiger partial charge in [0.2, 0.25) is 0 Å². The van der Waals surface area contributed by atoms with Crippen LogP contribution >= 0.6 is 22.7 Å². The van der Waals surface area contributed by atoms with Crippen LogP contribution in [0.15, 0.2) is 23.7 Å². The number of nitrogens with zero attached hydrogens (tertiary/aromatic N) is 2. The molecule has 5 heteroatoms. The van der Waals surface area contributed by atoms with Crippen LogP contribution < -0.4 is 0 Å². The fourth-order valence-electron chi connectivity index (χ4n) is 1.89. The van der Waals surface area contributed by atoms with Crippen LogP contribution in [0.2, 0.25) is 0 Å². The molecule has 0 saturated heterocycles. The van der Waals surface area contributed by atoms with E-state index in [-0.39, 0.29) is 5.54 Å². The van der Waals surface area contributed by atoms with Crippen molar-refractivity contribution in [1.82, 2.24) is 9.78 Å². The number of hydrogen-bond donors (Lipinski definition) is 0. The second kappa shape index (κ2) is 4.28. The van der Waals surface area contributed by atoms with E-state index in [2.05, 4.69) is 43.4 Å². The van der Waals surface area contributed by atoms with E-state index in [1.807, 2.05) is 10.9 Å². The monoisotopic (exact) mass is 290 g/mol. The zero-order valence-electron chi connectivity index (χ0n) is 11.0. The topological polar surface area (TPSA) is 34.9 Å².